The van der Waals surface area contributed by atoms with Crippen LogP contribution >= 0.6 is 11.3 Å². The van der Waals surface area contributed by atoms with Gasteiger partial charge >= 0.3 is 0 Å². The topological polar surface area (TPSA) is 52.6 Å². The zero-order valence-electron chi connectivity index (χ0n) is 17.2. The molecule has 1 amide bonds. The molecule has 0 radical (unpaired) electrons. The molecule has 1 aromatic rings. The maximum Gasteiger partial charge on any atom is 0.256 e. The molecule has 30 heavy (non-hydrogen) atoms. The van der Waals surface area contributed by atoms with Crippen LogP contribution < -0.4 is 5.32 Å². The molecule has 1 saturated heterocycles. The Balaban J connectivity index is 1.41. The Hall–Kier alpha value is -1.57. The molecule has 2 aliphatic carbocycles. The van der Waals surface area contributed by atoms with Crippen molar-refractivity contribution in [3.05, 3.63) is 46.2 Å². The number of thiophene rings is 1. The van der Waals surface area contributed by atoms with E-state index < -0.39 is 29.8 Å². The fourth-order valence-corrected chi connectivity index (χ4v) is 5.65. The smallest absolute Gasteiger partial charge is 0.256 e. The summed E-state index contributed by atoms with van der Waals surface area (Å²) in [7, 11) is 0. The lowest BCUT2D eigenvalue weighted by atomic mass is 9.75. The Labute approximate surface area is 180 Å². The third kappa shape index (κ3) is 4.68. The van der Waals surface area contributed by atoms with Crippen LogP contribution in [0.25, 0.3) is 0 Å². The minimum absolute atomic E-state index is 0.0376. The Morgan fingerprint density at radius 2 is 2.13 bits per heavy atom. The number of piperidine rings is 1. The van der Waals surface area contributed by atoms with E-state index in [4.69, 9.17) is 0 Å². The number of hydrogen-bond donors (Lipinski definition) is 2. The number of nitrogens with one attached hydrogen (secondary N) is 1. The van der Waals surface area contributed by atoms with Gasteiger partial charge in [-0.25, -0.2) is 8.78 Å². The van der Waals surface area contributed by atoms with Crippen LogP contribution in [0.3, 0.4) is 0 Å². The molecule has 4 nitrogen and oxygen atoms in total. The second-order valence-corrected chi connectivity index (χ2v) is 9.66. The van der Waals surface area contributed by atoms with Crippen LogP contribution in [0, 0.1) is 5.92 Å². The van der Waals surface area contributed by atoms with Gasteiger partial charge in [0.1, 0.15) is 0 Å². The molecule has 2 fully saturated rings. The molecule has 1 aliphatic heterocycles. The van der Waals surface area contributed by atoms with Crippen molar-refractivity contribution in [2.24, 2.45) is 5.92 Å². The molecule has 2 heterocycles. The molecule has 1 aromatic heterocycles. The second-order valence-electron chi connectivity index (χ2n) is 8.88. The van der Waals surface area contributed by atoms with Crippen LogP contribution in [-0.4, -0.2) is 46.6 Å². The molecule has 7 heteroatoms. The third-order valence-electron chi connectivity index (χ3n) is 6.75. The quantitative estimate of drug-likeness (QED) is 0.700. The van der Waals surface area contributed by atoms with Crippen LogP contribution in [0.4, 0.5) is 8.78 Å². The van der Waals surface area contributed by atoms with Gasteiger partial charge in [0.2, 0.25) is 5.92 Å². The van der Waals surface area contributed by atoms with Gasteiger partial charge < -0.3 is 10.4 Å². The molecule has 2 atom stereocenters. The van der Waals surface area contributed by atoms with Crippen LogP contribution in [-0.2, 0) is 11.3 Å². The molecular formula is C23H30F2N2O2S. The van der Waals surface area contributed by atoms with Crippen molar-refractivity contribution in [1.82, 2.24) is 10.2 Å². The lowest BCUT2D eigenvalue weighted by Crippen LogP contribution is -2.57. The minimum Gasteiger partial charge on any atom is -0.375 e. The SMILES string of the molecule is O=C(NC1CCN(Cc2ccsc2)CC1)[C@](O)(C1=CC=CCC1)C1CCC(F)(F)C1. The lowest BCUT2D eigenvalue weighted by molar-refractivity contribution is -0.143. The van der Waals surface area contributed by atoms with E-state index in [2.05, 4.69) is 27.0 Å². The molecule has 2 N–H and O–H groups in total. The lowest BCUT2D eigenvalue weighted by Gasteiger charge is -2.38. The van der Waals surface area contributed by atoms with Crippen molar-refractivity contribution < 1.29 is 18.7 Å². The number of alkyl halides is 2. The first-order chi connectivity index (χ1) is 14.4. The number of nitrogens with zero attached hydrogens (tertiary/aromatic N) is 1. The van der Waals surface area contributed by atoms with Crippen LogP contribution in [0.2, 0.25) is 0 Å². The number of allylic oxidation sites excluding steroid dienone is 3. The van der Waals surface area contributed by atoms with Crippen molar-refractivity contribution in [2.45, 2.75) is 69.1 Å². The summed E-state index contributed by atoms with van der Waals surface area (Å²) in [4.78, 5) is 15.6. The fraction of sp³-hybridized carbons (Fsp3) is 0.609. The summed E-state index contributed by atoms with van der Waals surface area (Å²) in [6, 6.07) is 2.09. The van der Waals surface area contributed by atoms with Gasteiger partial charge in [0.05, 0.1) is 0 Å². The molecule has 1 unspecified atom stereocenters. The number of halogens is 2. The Morgan fingerprint density at radius 3 is 2.73 bits per heavy atom. The van der Waals surface area contributed by atoms with E-state index in [1.807, 2.05) is 12.2 Å². The van der Waals surface area contributed by atoms with Gasteiger partial charge in [-0.15, -0.1) is 0 Å². The summed E-state index contributed by atoms with van der Waals surface area (Å²) >= 11 is 1.69. The number of carbonyl (C=O) groups excluding carboxylic acids is 1. The molecule has 0 bridgehead atoms. The summed E-state index contributed by atoms with van der Waals surface area (Å²) in [5.41, 5.74) is 0.0230. The summed E-state index contributed by atoms with van der Waals surface area (Å²) in [6.07, 6.45) is 7.82. The van der Waals surface area contributed by atoms with Crippen molar-refractivity contribution >= 4 is 17.2 Å². The zero-order valence-corrected chi connectivity index (χ0v) is 18.0. The number of hydrogen-bond acceptors (Lipinski definition) is 4. The maximum absolute atomic E-state index is 13.9. The first-order valence-electron chi connectivity index (χ1n) is 10.9. The van der Waals surface area contributed by atoms with Gasteiger partial charge in [-0.3, -0.25) is 9.69 Å². The Kier molecular flexibility index (Phi) is 6.42. The highest BCUT2D eigenvalue weighted by molar-refractivity contribution is 7.07. The first kappa shape index (κ1) is 21.7. The number of rotatable bonds is 6. The molecular weight excluding hydrogens is 406 g/mol. The van der Waals surface area contributed by atoms with Crippen molar-refractivity contribution in [2.75, 3.05) is 13.1 Å². The van der Waals surface area contributed by atoms with Crippen molar-refractivity contribution in [3.8, 4) is 0 Å². The van der Waals surface area contributed by atoms with Gasteiger partial charge in [-0.2, -0.15) is 11.3 Å². The van der Waals surface area contributed by atoms with Crippen LogP contribution in [0.5, 0.6) is 0 Å². The highest BCUT2D eigenvalue weighted by atomic mass is 32.1. The average molecular weight is 437 g/mol. The summed E-state index contributed by atoms with van der Waals surface area (Å²) < 4.78 is 27.9. The number of carbonyl (C=O) groups is 1. The van der Waals surface area contributed by atoms with Gasteiger partial charge in [-0.05, 0) is 60.1 Å². The predicted molar refractivity (Wildman–Crippen MR) is 114 cm³/mol. The minimum atomic E-state index is -2.81. The third-order valence-corrected chi connectivity index (χ3v) is 7.49. The number of amides is 1. The molecule has 1 saturated carbocycles. The summed E-state index contributed by atoms with van der Waals surface area (Å²) in [6.45, 7) is 2.64. The van der Waals surface area contributed by atoms with Gasteiger partial charge in [0, 0.05) is 44.4 Å². The van der Waals surface area contributed by atoms with Crippen LogP contribution in [0.15, 0.2) is 40.6 Å². The van der Waals surface area contributed by atoms with Crippen molar-refractivity contribution in [1.29, 1.82) is 0 Å². The second kappa shape index (κ2) is 8.89. The standard InChI is InChI=1S/C23H30F2N2O2S/c24-22(25)10-6-19(14-22)23(29,18-4-2-1-3-5-18)21(28)26-20-7-11-27(12-8-20)15-17-9-13-30-16-17/h1-2,4,9,13,16,19-20,29H,3,5-8,10-12,14-15H2,(H,26,28)/t19?,23-/m0/s1. The van der Waals surface area contributed by atoms with E-state index in [-0.39, 0.29) is 18.9 Å². The molecule has 4 rings (SSSR count). The van der Waals surface area contributed by atoms with E-state index in [0.29, 0.717) is 18.4 Å². The molecule has 0 spiro atoms. The summed E-state index contributed by atoms with van der Waals surface area (Å²) in [5.74, 6) is -4.05. The summed E-state index contributed by atoms with van der Waals surface area (Å²) in [5, 5.41) is 18.8. The Bertz CT molecular complexity index is 800. The predicted octanol–water partition coefficient (Wildman–Crippen LogP) is 4.27. The van der Waals surface area contributed by atoms with Gasteiger partial charge in [-0.1, -0.05) is 18.2 Å². The number of likely N-dealkylation sites (tertiary alicyclic amines) is 1. The number of aliphatic hydroxyl groups is 1. The van der Waals surface area contributed by atoms with E-state index in [0.717, 1.165) is 32.5 Å². The highest BCUT2D eigenvalue weighted by Gasteiger charge is 2.54. The van der Waals surface area contributed by atoms with E-state index in [1.165, 1.54) is 5.56 Å². The average Bonchev–Trinajstić information content (AvgIpc) is 3.38. The largest absolute Gasteiger partial charge is 0.375 e. The van der Waals surface area contributed by atoms with Gasteiger partial charge in [0.15, 0.2) is 5.60 Å². The highest BCUT2D eigenvalue weighted by Crippen LogP contribution is 2.47. The Morgan fingerprint density at radius 1 is 1.33 bits per heavy atom. The van der Waals surface area contributed by atoms with Crippen LogP contribution in [0.1, 0.15) is 50.5 Å². The fourth-order valence-electron chi connectivity index (χ4n) is 4.99. The molecule has 164 valence electrons. The zero-order chi connectivity index (χ0) is 21.2. The first-order valence-corrected chi connectivity index (χ1v) is 11.8. The van der Waals surface area contributed by atoms with Gasteiger partial charge in [0.25, 0.3) is 5.91 Å². The normalized spacial score (nSPS) is 26.9. The van der Waals surface area contributed by atoms with E-state index >= 15 is 0 Å². The monoisotopic (exact) mass is 436 g/mol. The molecule has 3 aliphatic rings. The van der Waals surface area contributed by atoms with E-state index in [1.54, 1.807) is 17.4 Å². The van der Waals surface area contributed by atoms with Crippen molar-refractivity contribution in [3.63, 3.8) is 0 Å². The molecule has 0 aromatic carbocycles. The maximum atomic E-state index is 13.9. The van der Waals surface area contributed by atoms with E-state index in [9.17, 15) is 18.7 Å².